The van der Waals surface area contributed by atoms with Gasteiger partial charge in [-0.2, -0.15) is 0 Å². The summed E-state index contributed by atoms with van der Waals surface area (Å²) in [6.07, 6.45) is 3.61. The predicted molar refractivity (Wildman–Crippen MR) is 77.1 cm³/mol. The van der Waals surface area contributed by atoms with Gasteiger partial charge < -0.3 is 20.1 Å². The molecule has 0 aromatic carbocycles. The van der Waals surface area contributed by atoms with E-state index in [4.69, 9.17) is 0 Å². The maximum atomic E-state index is 11.4. The van der Waals surface area contributed by atoms with Crippen LogP contribution in [0.5, 0.6) is 0 Å². The number of amides is 2. The molecule has 0 unspecified atom stereocenters. The average Bonchev–Trinajstić information content (AvgIpc) is 2.46. The topological polar surface area (TPSA) is 111 Å². The Morgan fingerprint density at radius 3 is 1.32 bits per heavy atom. The highest BCUT2D eigenvalue weighted by Gasteiger charge is 2.12. The van der Waals surface area contributed by atoms with Gasteiger partial charge in [0.25, 0.3) is 0 Å². The van der Waals surface area contributed by atoms with Crippen molar-refractivity contribution in [1.29, 1.82) is 0 Å². The first-order chi connectivity index (χ1) is 10.3. The van der Waals surface area contributed by atoms with Crippen molar-refractivity contribution in [3.8, 4) is 0 Å². The Labute approximate surface area is 128 Å². The maximum Gasteiger partial charge on any atom is 0.354 e. The smallest absolute Gasteiger partial charge is 0.354 e. The van der Waals surface area contributed by atoms with Gasteiger partial charge in [-0.25, -0.2) is 9.59 Å². The maximum absolute atomic E-state index is 11.4. The summed E-state index contributed by atoms with van der Waals surface area (Å²) in [5.74, 6) is -2.15. The lowest BCUT2D eigenvalue weighted by molar-refractivity contribution is -0.138. The number of carbonyl (C=O) groups is 4. The number of allylic oxidation sites excluding steroid dienone is 2. The second-order valence-electron chi connectivity index (χ2n) is 4.16. The molecule has 8 heteroatoms. The van der Waals surface area contributed by atoms with Crippen LogP contribution in [0, 0.1) is 0 Å². The molecule has 2 amide bonds. The number of methoxy groups -OCH3 is 2. The quantitative estimate of drug-likeness (QED) is 0.393. The first-order valence-electron chi connectivity index (χ1n) is 6.44. The molecular weight excluding hydrogens is 292 g/mol. The summed E-state index contributed by atoms with van der Waals surface area (Å²) in [6, 6.07) is 0. The molecule has 122 valence electrons. The number of nitrogens with one attached hydrogen (secondary N) is 2. The molecule has 0 fully saturated rings. The summed E-state index contributed by atoms with van der Waals surface area (Å²) in [4.78, 5) is 44.8. The molecule has 0 spiro atoms. The van der Waals surface area contributed by atoms with Crippen molar-refractivity contribution in [2.75, 3.05) is 14.2 Å². The Bertz CT molecular complexity index is 461. The van der Waals surface area contributed by atoms with Crippen LogP contribution in [0.1, 0.15) is 26.7 Å². The van der Waals surface area contributed by atoms with Crippen LogP contribution in [0.25, 0.3) is 0 Å². The standard InChI is InChI=1S/C14H20N2O6/c1-9(17)15-11(13(19)21-3)7-5-6-8-12(14(20)22-4)16-10(2)18/h7-8H,5-6H2,1-4H3,(H,15,17)(H,16,18)/b11-7-,12-8-. The Balaban J connectivity index is 4.84. The summed E-state index contributed by atoms with van der Waals surface area (Å²) in [7, 11) is 2.40. The van der Waals surface area contributed by atoms with Crippen LogP contribution in [0.15, 0.2) is 23.5 Å². The van der Waals surface area contributed by atoms with E-state index in [1.165, 1.54) is 40.2 Å². The normalized spacial score (nSPS) is 11.5. The number of ether oxygens (including phenoxy) is 2. The molecule has 0 aliphatic rings. The molecule has 0 heterocycles. The fourth-order valence-corrected chi connectivity index (χ4v) is 1.43. The average molecular weight is 312 g/mol. The first-order valence-corrected chi connectivity index (χ1v) is 6.44. The molecule has 0 saturated carbocycles. The van der Waals surface area contributed by atoms with Crippen LogP contribution in [0.3, 0.4) is 0 Å². The summed E-state index contributed by atoms with van der Waals surface area (Å²) in [5.41, 5.74) is 0.0325. The molecule has 0 aromatic heterocycles. The van der Waals surface area contributed by atoms with Gasteiger partial charge in [0.2, 0.25) is 11.8 Å². The van der Waals surface area contributed by atoms with Gasteiger partial charge in [0, 0.05) is 13.8 Å². The minimum absolute atomic E-state index is 0.0162. The number of unbranched alkanes of at least 4 members (excludes halogenated alkanes) is 1. The van der Waals surface area contributed by atoms with Gasteiger partial charge in [-0.05, 0) is 12.8 Å². The minimum atomic E-state index is -0.672. The van der Waals surface area contributed by atoms with Gasteiger partial charge in [0.05, 0.1) is 14.2 Å². The van der Waals surface area contributed by atoms with E-state index >= 15 is 0 Å². The number of carbonyl (C=O) groups excluding carboxylic acids is 4. The van der Waals surface area contributed by atoms with Gasteiger partial charge in [-0.3, -0.25) is 9.59 Å². The highest BCUT2D eigenvalue weighted by Crippen LogP contribution is 2.03. The fourth-order valence-electron chi connectivity index (χ4n) is 1.43. The molecule has 0 bridgehead atoms. The van der Waals surface area contributed by atoms with Crippen LogP contribution in [0.2, 0.25) is 0 Å². The van der Waals surface area contributed by atoms with Crippen molar-refractivity contribution in [1.82, 2.24) is 10.6 Å². The van der Waals surface area contributed by atoms with E-state index < -0.39 is 23.8 Å². The third kappa shape index (κ3) is 7.83. The van der Waals surface area contributed by atoms with Crippen LogP contribution in [-0.2, 0) is 28.7 Å². The zero-order valence-corrected chi connectivity index (χ0v) is 13.0. The summed E-state index contributed by atoms with van der Waals surface area (Å²) in [6.45, 7) is 2.53. The van der Waals surface area contributed by atoms with E-state index in [-0.39, 0.29) is 11.4 Å². The number of rotatable bonds is 7. The van der Waals surface area contributed by atoms with Gasteiger partial charge in [-0.1, -0.05) is 12.2 Å². The SMILES string of the molecule is COC(=O)/C(=C/CC/C=C(\NC(C)=O)C(=O)OC)NC(C)=O. The molecular formula is C14H20N2O6. The Hall–Kier alpha value is -2.64. The second kappa shape index (κ2) is 10.1. The minimum Gasteiger partial charge on any atom is -0.464 e. The van der Waals surface area contributed by atoms with Gasteiger partial charge in [0.15, 0.2) is 0 Å². The van der Waals surface area contributed by atoms with Crippen LogP contribution in [-0.4, -0.2) is 38.0 Å². The Kier molecular flexibility index (Phi) is 8.92. The largest absolute Gasteiger partial charge is 0.464 e. The zero-order chi connectivity index (χ0) is 17.1. The second-order valence-corrected chi connectivity index (χ2v) is 4.16. The van der Waals surface area contributed by atoms with E-state index in [0.717, 1.165) is 0 Å². The summed E-state index contributed by atoms with van der Waals surface area (Å²) < 4.78 is 9.06. The van der Waals surface area contributed by atoms with Crippen molar-refractivity contribution >= 4 is 23.8 Å². The van der Waals surface area contributed by atoms with Gasteiger partial charge >= 0.3 is 11.9 Å². The van der Waals surface area contributed by atoms with Gasteiger partial charge in [-0.15, -0.1) is 0 Å². The highest BCUT2D eigenvalue weighted by atomic mass is 16.5. The van der Waals surface area contributed by atoms with E-state index in [1.54, 1.807) is 0 Å². The van der Waals surface area contributed by atoms with Crippen molar-refractivity contribution < 1.29 is 28.7 Å². The first kappa shape index (κ1) is 19.4. The van der Waals surface area contributed by atoms with Crippen molar-refractivity contribution in [3.05, 3.63) is 23.5 Å². The monoisotopic (exact) mass is 312 g/mol. The van der Waals surface area contributed by atoms with E-state index in [9.17, 15) is 19.2 Å². The Morgan fingerprint density at radius 2 is 1.09 bits per heavy atom. The number of esters is 2. The van der Waals surface area contributed by atoms with Crippen molar-refractivity contribution in [2.24, 2.45) is 0 Å². The lowest BCUT2D eigenvalue weighted by Gasteiger charge is -2.06. The molecule has 2 N–H and O–H groups in total. The third-order valence-electron chi connectivity index (χ3n) is 2.30. The van der Waals surface area contributed by atoms with E-state index in [2.05, 4.69) is 20.1 Å². The molecule has 0 aromatic rings. The molecule has 0 atom stereocenters. The molecule has 0 rings (SSSR count). The number of hydrogen-bond donors (Lipinski definition) is 2. The van der Waals surface area contributed by atoms with Crippen LogP contribution in [0.4, 0.5) is 0 Å². The Morgan fingerprint density at radius 1 is 0.773 bits per heavy atom. The molecule has 22 heavy (non-hydrogen) atoms. The summed E-state index contributed by atoms with van der Waals surface area (Å²) >= 11 is 0. The van der Waals surface area contributed by atoms with Gasteiger partial charge in [0.1, 0.15) is 11.4 Å². The number of hydrogen-bond acceptors (Lipinski definition) is 6. The molecule has 0 aliphatic carbocycles. The van der Waals surface area contributed by atoms with E-state index in [0.29, 0.717) is 12.8 Å². The van der Waals surface area contributed by atoms with Crippen LogP contribution < -0.4 is 10.6 Å². The third-order valence-corrected chi connectivity index (χ3v) is 2.30. The molecule has 0 radical (unpaired) electrons. The van der Waals surface area contributed by atoms with E-state index in [1.807, 2.05) is 0 Å². The predicted octanol–water partition coefficient (Wildman–Crippen LogP) is 0.153. The highest BCUT2D eigenvalue weighted by molar-refractivity contribution is 5.93. The lowest BCUT2D eigenvalue weighted by Crippen LogP contribution is -2.26. The zero-order valence-electron chi connectivity index (χ0n) is 13.0. The van der Waals surface area contributed by atoms with Crippen molar-refractivity contribution in [3.63, 3.8) is 0 Å². The van der Waals surface area contributed by atoms with Crippen LogP contribution >= 0.6 is 0 Å². The lowest BCUT2D eigenvalue weighted by atomic mass is 10.2. The molecule has 0 aliphatic heterocycles. The summed E-state index contributed by atoms with van der Waals surface area (Å²) in [5, 5.41) is 4.70. The molecule has 0 saturated heterocycles. The van der Waals surface area contributed by atoms with Crippen molar-refractivity contribution in [2.45, 2.75) is 26.7 Å². The fraction of sp³-hybridized carbons (Fsp3) is 0.429. The molecule has 8 nitrogen and oxygen atoms in total.